The summed E-state index contributed by atoms with van der Waals surface area (Å²) in [5.41, 5.74) is 0.716. The number of hydrogen-bond donors (Lipinski definition) is 0. The molecule has 1 aromatic carbocycles. The molecule has 2 atom stereocenters. The van der Waals surface area contributed by atoms with Crippen molar-refractivity contribution in [2.45, 2.75) is 25.8 Å². The van der Waals surface area contributed by atoms with Gasteiger partial charge in [-0.1, -0.05) is 26.0 Å². The number of benzene rings is 1. The molecule has 0 amide bonds. The van der Waals surface area contributed by atoms with E-state index in [2.05, 4.69) is 4.74 Å². The van der Waals surface area contributed by atoms with Crippen molar-refractivity contribution in [2.75, 3.05) is 14.2 Å². The SMILES string of the molecule is COC(=O)C(C(c1ccc(OC)cc1)C(C)C)[N+](=O)[O-]. The van der Waals surface area contributed by atoms with Gasteiger partial charge in [-0.2, -0.15) is 0 Å². The highest BCUT2D eigenvalue weighted by Crippen LogP contribution is 2.31. The zero-order valence-corrected chi connectivity index (χ0v) is 12.0. The summed E-state index contributed by atoms with van der Waals surface area (Å²) in [4.78, 5) is 22.3. The lowest BCUT2D eigenvalue weighted by molar-refractivity contribution is -0.515. The van der Waals surface area contributed by atoms with Crippen LogP contribution in [0, 0.1) is 16.0 Å². The number of carbonyl (C=O) groups is 1. The Kier molecular flexibility index (Phi) is 5.49. The van der Waals surface area contributed by atoms with Crippen LogP contribution < -0.4 is 4.74 Å². The molecule has 20 heavy (non-hydrogen) atoms. The lowest BCUT2D eigenvalue weighted by Crippen LogP contribution is -2.38. The second-order valence-electron chi connectivity index (χ2n) is 4.80. The van der Waals surface area contributed by atoms with Crippen LogP contribution in [-0.2, 0) is 9.53 Å². The van der Waals surface area contributed by atoms with Crippen LogP contribution in [0.15, 0.2) is 24.3 Å². The Morgan fingerprint density at radius 3 is 2.10 bits per heavy atom. The highest BCUT2D eigenvalue weighted by Gasteiger charge is 2.42. The number of rotatable bonds is 6. The van der Waals surface area contributed by atoms with E-state index in [1.165, 1.54) is 0 Å². The lowest BCUT2D eigenvalue weighted by Gasteiger charge is -2.23. The topological polar surface area (TPSA) is 78.7 Å². The molecular weight excluding hydrogens is 262 g/mol. The number of nitrogens with zero attached hydrogens (tertiary/aromatic N) is 1. The molecule has 0 aliphatic heterocycles. The third-order valence-corrected chi connectivity index (χ3v) is 3.23. The van der Waals surface area contributed by atoms with Crippen LogP contribution in [0.5, 0.6) is 5.75 Å². The Balaban J connectivity index is 3.20. The van der Waals surface area contributed by atoms with Gasteiger partial charge in [-0.05, 0) is 23.6 Å². The van der Waals surface area contributed by atoms with Crippen LogP contribution in [0.4, 0.5) is 0 Å². The molecule has 6 nitrogen and oxygen atoms in total. The maximum Gasteiger partial charge on any atom is 0.382 e. The first kappa shape index (κ1) is 15.9. The number of carbonyl (C=O) groups excluding carboxylic acids is 1. The lowest BCUT2D eigenvalue weighted by atomic mass is 9.82. The minimum absolute atomic E-state index is 0.0853. The summed E-state index contributed by atoms with van der Waals surface area (Å²) in [5.74, 6) is -0.808. The van der Waals surface area contributed by atoms with E-state index in [0.717, 1.165) is 7.11 Å². The van der Waals surface area contributed by atoms with E-state index in [4.69, 9.17) is 4.74 Å². The highest BCUT2D eigenvalue weighted by molar-refractivity contribution is 5.75. The van der Waals surface area contributed by atoms with Gasteiger partial charge in [-0.25, -0.2) is 4.79 Å². The highest BCUT2D eigenvalue weighted by atomic mass is 16.6. The molecule has 0 spiro atoms. The fourth-order valence-corrected chi connectivity index (χ4v) is 2.24. The normalized spacial score (nSPS) is 13.7. The average molecular weight is 281 g/mol. The second-order valence-corrected chi connectivity index (χ2v) is 4.80. The quantitative estimate of drug-likeness (QED) is 0.454. The van der Waals surface area contributed by atoms with E-state index in [0.29, 0.717) is 11.3 Å². The molecule has 110 valence electrons. The summed E-state index contributed by atoms with van der Waals surface area (Å²) < 4.78 is 9.63. The van der Waals surface area contributed by atoms with Gasteiger partial charge in [-0.3, -0.25) is 10.1 Å². The Bertz CT molecular complexity index is 469. The van der Waals surface area contributed by atoms with Crippen molar-refractivity contribution in [3.05, 3.63) is 39.9 Å². The first-order valence-corrected chi connectivity index (χ1v) is 6.27. The Morgan fingerprint density at radius 2 is 1.75 bits per heavy atom. The Morgan fingerprint density at radius 1 is 1.20 bits per heavy atom. The Labute approximate surface area is 117 Å². The van der Waals surface area contributed by atoms with Crippen molar-refractivity contribution in [1.82, 2.24) is 0 Å². The van der Waals surface area contributed by atoms with Crippen LogP contribution in [-0.4, -0.2) is 31.2 Å². The molecule has 0 saturated carbocycles. The summed E-state index contributed by atoms with van der Waals surface area (Å²) in [6.07, 6.45) is 0. The van der Waals surface area contributed by atoms with E-state index in [1.54, 1.807) is 31.4 Å². The maximum atomic E-state index is 11.7. The largest absolute Gasteiger partial charge is 0.497 e. The smallest absolute Gasteiger partial charge is 0.382 e. The molecule has 6 heteroatoms. The van der Waals surface area contributed by atoms with E-state index in [9.17, 15) is 14.9 Å². The van der Waals surface area contributed by atoms with Gasteiger partial charge in [-0.15, -0.1) is 0 Å². The van der Waals surface area contributed by atoms with Crippen molar-refractivity contribution in [2.24, 2.45) is 5.92 Å². The van der Waals surface area contributed by atoms with Crippen molar-refractivity contribution < 1.29 is 19.2 Å². The standard InChI is InChI=1S/C14H19NO5/c1-9(2)12(13(15(17)18)14(16)20-4)10-5-7-11(19-3)8-6-10/h5-9,12-13H,1-4H3. The van der Waals surface area contributed by atoms with E-state index in [-0.39, 0.29) is 5.92 Å². The number of esters is 1. The molecule has 0 heterocycles. The molecule has 0 N–H and O–H groups in total. The third-order valence-electron chi connectivity index (χ3n) is 3.23. The average Bonchev–Trinajstić information content (AvgIpc) is 2.43. The number of hydrogen-bond acceptors (Lipinski definition) is 5. The van der Waals surface area contributed by atoms with Crippen LogP contribution in [0.2, 0.25) is 0 Å². The molecule has 0 saturated heterocycles. The first-order valence-electron chi connectivity index (χ1n) is 6.27. The van der Waals surface area contributed by atoms with Gasteiger partial charge in [0.05, 0.1) is 20.1 Å². The summed E-state index contributed by atoms with van der Waals surface area (Å²) in [6, 6.07) is 5.51. The van der Waals surface area contributed by atoms with Gasteiger partial charge in [0.2, 0.25) is 0 Å². The molecule has 0 aromatic heterocycles. The van der Waals surface area contributed by atoms with Gasteiger partial charge >= 0.3 is 12.0 Å². The molecule has 2 unspecified atom stereocenters. The summed E-state index contributed by atoms with van der Waals surface area (Å²) in [6.45, 7) is 3.68. The molecule has 1 aromatic rings. The molecule has 0 fully saturated rings. The molecule has 1 rings (SSSR count). The Hall–Kier alpha value is -2.11. The van der Waals surface area contributed by atoms with E-state index in [1.807, 2.05) is 13.8 Å². The molecular formula is C14H19NO5. The first-order chi connectivity index (χ1) is 9.42. The van der Waals surface area contributed by atoms with Gasteiger partial charge in [0.15, 0.2) is 0 Å². The van der Waals surface area contributed by atoms with E-state index >= 15 is 0 Å². The van der Waals surface area contributed by atoms with Gasteiger partial charge in [0, 0.05) is 4.92 Å². The zero-order chi connectivity index (χ0) is 15.3. The van der Waals surface area contributed by atoms with Gasteiger partial charge in [0.25, 0.3) is 0 Å². The van der Waals surface area contributed by atoms with Crippen LogP contribution in [0.3, 0.4) is 0 Å². The minimum atomic E-state index is -1.41. The number of methoxy groups -OCH3 is 2. The summed E-state index contributed by atoms with van der Waals surface area (Å²) in [7, 11) is 2.70. The monoisotopic (exact) mass is 281 g/mol. The predicted molar refractivity (Wildman–Crippen MR) is 73.4 cm³/mol. The molecule has 0 bridgehead atoms. The minimum Gasteiger partial charge on any atom is -0.497 e. The summed E-state index contributed by atoms with van der Waals surface area (Å²) in [5, 5.41) is 11.2. The number of ether oxygens (including phenoxy) is 2. The zero-order valence-electron chi connectivity index (χ0n) is 12.0. The van der Waals surface area contributed by atoms with Crippen molar-refractivity contribution in [1.29, 1.82) is 0 Å². The molecule has 0 aliphatic rings. The molecule has 0 aliphatic carbocycles. The number of nitro groups is 1. The van der Waals surface area contributed by atoms with Crippen LogP contribution >= 0.6 is 0 Å². The van der Waals surface area contributed by atoms with Gasteiger partial charge in [0.1, 0.15) is 5.75 Å². The molecule has 0 radical (unpaired) electrons. The van der Waals surface area contributed by atoms with Crippen molar-refractivity contribution in [3.8, 4) is 5.75 Å². The third kappa shape index (κ3) is 3.46. The van der Waals surface area contributed by atoms with Crippen LogP contribution in [0.1, 0.15) is 25.3 Å². The van der Waals surface area contributed by atoms with Crippen molar-refractivity contribution in [3.63, 3.8) is 0 Å². The fraction of sp³-hybridized carbons (Fsp3) is 0.500. The summed E-state index contributed by atoms with van der Waals surface area (Å²) >= 11 is 0. The maximum absolute atomic E-state index is 11.7. The van der Waals surface area contributed by atoms with Gasteiger partial charge < -0.3 is 9.47 Å². The van der Waals surface area contributed by atoms with Crippen molar-refractivity contribution >= 4 is 5.97 Å². The second kappa shape index (κ2) is 6.88. The van der Waals surface area contributed by atoms with E-state index < -0.39 is 22.9 Å². The fourth-order valence-electron chi connectivity index (χ4n) is 2.24. The van der Waals surface area contributed by atoms with Crippen LogP contribution in [0.25, 0.3) is 0 Å². The predicted octanol–water partition coefficient (Wildman–Crippen LogP) is 2.25.